The van der Waals surface area contributed by atoms with E-state index in [0.717, 1.165) is 18.2 Å². The van der Waals surface area contributed by atoms with Crippen LogP contribution in [0.4, 0.5) is 8.78 Å². The summed E-state index contributed by atoms with van der Waals surface area (Å²) in [6.45, 7) is 2.34. The highest BCUT2D eigenvalue weighted by atomic mass is 32.2. The number of rotatable bonds is 7. The standard InChI is InChI=1S/C14H22F2N2S/c1-10(7-8-19-3)18(2)13(9-17)11-5-4-6-12(15)14(11)16/h4-6,10,13H,7-9,17H2,1-3H3. The zero-order valence-corrected chi connectivity index (χ0v) is 12.5. The summed E-state index contributed by atoms with van der Waals surface area (Å²) in [5.41, 5.74) is 6.09. The third-order valence-corrected chi connectivity index (χ3v) is 4.13. The topological polar surface area (TPSA) is 29.3 Å². The van der Waals surface area contributed by atoms with Crippen LogP contribution < -0.4 is 5.73 Å². The Labute approximate surface area is 118 Å². The van der Waals surface area contributed by atoms with Gasteiger partial charge in [-0.05, 0) is 38.5 Å². The fourth-order valence-electron chi connectivity index (χ4n) is 2.09. The molecule has 0 bridgehead atoms. The Morgan fingerprint density at radius 2 is 2.05 bits per heavy atom. The van der Waals surface area contributed by atoms with E-state index in [0.29, 0.717) is 5.56 Å². The number of halogens is 2. The van der Waals surface area contributed by atoms with Gasteiger partial charge in [-0.1, -0.05) is 12.1 Å². The van der Waals surface area contributed by atoms with Gasteiger partial charge in [-0.25, -0.2) is 8.78 Å². The summed E-state index contributed by atoms with van der Waals surface area (Å²) in [7, 11) is 1.91. The molecule has 0 aromatic heterocycles. The Hall–Kier alpha value is -0.650. The third-order valence-electron chi connectivity index (χ3n) is 3.49. The number of nitrogens with two attached hydrogens (primary N) is 1. The lowest BCUT2D eigenvalue weighted by Crippen LogP contribution is -2.38. The summed E-state index contributed by atoms with van der Waals surface area (Å²) in [6.07, 6.45) is 3.05. The number of hydrogen-bond acceptors (Lipinski definition) is 3. The van der Waals surface area contributed by atoms with Gasteiger partial charge in [0, 0.05) is 24.2 Å². The number of likely N-dealkylation sites (N-methyl/N-ethyl adjacent to an activating group) is 1. The Morgan fingerprint density at radius 1 is 1.37 bits per heavy atom. The van der Waals surface area contributed by atoms with E-state index in [4.69, 9.17) is 5.73 Å². The van der Waals surface area contributed by atoms with E-state index >= 15 is 0 Å². The minimum Gasteiger partial charge on any atom is -0.329 e. The van der Waals surface area contributed by atoms with E-state index < -0.39 is 11.6 Å². The molecule has 0 aliphatic rings. The minimum atomic E-state index is -0.818. The van der Waals surface area contributed by atoms with Crippen LogP contribution in [0.15, 0.2) is 18.2 Å². The van der Waals surface area contributed by atoms with Gasteiger partial charge in [0.1, 0.15) is 0 Å². The summed E-state index contributed by atoms with van der Waals surface area (Å²) in [5.74, 6) is -0.572. The largest absolute Gasteiger partial charge is 0.329 e. The van der Waals surface area contributed by atoms with Gasteiger partial charge in [0.05, 0.1) is 0 Å². The maximum absolute atomic E-state index is 13.9. The molecular weight excluding hydrogens is 266 g/mol. The molecule has 0 aliphatic carbocycles. The summed E-state index contributed by atoms with van der Waals surface area (Å²) < 4.78 is 27.2. The van der Waals surface area contributed by atoms with Crippen molar-refractivity contribution in [2.24, 2.45) is 5.73 Å². The smallest absolute Gasteiger partial charge is 0.163 e. The summed E-state index contributed by atoms with van der Waals surface area (Å²) in [6, 6.07) is 4.23. The molecule has 0 amide bonds. The molecule has 0 aliphatic heterocycles. The van der Waals surface area contributed by atoms with Gasteiger partial charge < -0.3 is 5.73 Å². The highest BCUT2D eigenvalue weighted by molar-refractivity contribution is 7.98. The SMILES string of the molecule is CSCCC(C)N(C)C(CN)c1cccc(F)c1F. The molecule has 0 radical (unpaired) electrons. The van der Waals surface area contributed by atoms with Gasteiger partial charge in [0.25, 0.3) is 0 Å². The molecule has 0 heterocycles. The van der Waals surface area contributed by atoms with E-state index in [1.54, 1.807) is 17.8 Å². The second kappa shape index (κ2) is 7.82. The van der Waals surface area contributed by atoms with Crippen LogP contribution in [0.2, 0.25) is 0 Å². The van der Waals surface area contributed by atoms with Gasteiger partial charge in [-0.15, -0.1) is 0 Å². The molecule has 2 nitrogen and oxygen atoms in total. The van der Waals surface area contributed by atoms with Crippen molar-refractivity contribution in [1.29, 1.82) is 0 Å². The number of nitrogens with zero attached hydrogens (tertiary/aromatic N) is 1. The van der Waals surface area contributed by atoms with E-state index in [1.807, 2.05) is 11.9 Å². The molecule has 2 atom stereocenters. The molecule has 108 valence electrons. The normalized spacial score (nSPS) is 14.7. The van der Waals surface area contributed by atoms with Crippen LogP contribution in [0.1, 0.15) is 24.9 Å². The minimum absolute atomic E-state index is 0.264. The third kappa shape index (κ3) is 4.16. The lowest BCUT2D eigenvalue weighted by atomic mass is 10.0. The predicted molar refractivity (Wildman–Crippen MR) is 78.4 cm³/mol. The molecule has 0 spiro atoms. The quantitative estimate of drug-likeness (QED) is 0.836. The Kier molecular flexibility index (Phi) is 6.75. The van der Waals surface area contributed by atoms with Gasteiger partial charge in [0.2, 0.25) is 0 Å². The Bertz CT molecular complexity index is 401. The fraction of sp³-hybridized carbons (Fsp3) is 0.571. The van der Waals surface area contributed by atoms with E-state index in [2.05, 4.69) is 13.2 Å². The molecule has 2 unspecified atom stereocenters. The molecule has 0 saturated heterocycles. The number of hydrogen-bond donors (Lipinski definition) is 1. The average Bonchev–Trinajstić information content (AvgIpc) is 2.41. The van der Waals surface area contributed by atoms with Crippen molar-refractivity contribution in [3.05, 3.63) is 35.4 Å². The number of benzene rings is 1. The lowest BCUT2D eigenvalue weighted by Gasteiger charge is -2.33. The maximum atomic E-state index is 13.9. The van der Waals surface area contributed by atoms with Crippen molar-refractivity contribution in [1.82, 2.24) is 4.90 Å². The highest BCUT2D eigenvalue weighted by Crippen LogP contribution is 2.25. The van der Waals surface area contributed by atoms with Crippen LogP contribution >= 0.6 is 11.8 Å². The molecule has 2 N–H and O–H groups in total. The molecule has 1 rings (SSSR count). The molecule has 5 heteroatoms. The Morgan fingerprint density at radius 3 is 2.63 bits per heavy atom. The van der Waals surface area contributed by atoms with Crippen molar-refractivity contribution in [3.8, 4) is 0 Å². The van der Waals surface area contributed by atoms with Crippen LogP contribution in [0.5, 0.6) is 0 Å². The summed E-state index contributed by atoms with van der Waals surface area (Å²) in [4.78, 5) is 2.02. The number of thioether (sulfide) groups is 1. The van der Waals surface area contributed by atoms with Crippen molar-refractivity contribution >= 4 is 11.8 Å². The Balaban J connectivity index is 2.90. The van der Waals surface area contributed by atoms with E-state index in [9.17, 15) is 8.78 Å². The molecule has 19 heavy (non-hydrogen) atoms. The van der Waals surface area contributed by atoms with Crippen LogP contribution in [-0.2, 0) is 0 Å². The first-order chi connectivity index (χ1) is 9.02. The second-order valence-electron chi connectivity index (χ2n) is 4.69. The second-order valence-corrected chi connectivity index (χ2v) is 5.68. The molecule has 0 fully saturated rings. The van der Waals surface area contributed by atoms with E-state index in [-0.39, 0.29) is 18.6 Å². The van der Waals surface area contributed by atoms with Crippen LogP contribution in [-0.4, -0.2) is 36.5 Å². The highest BCUT2D eigenvalue weighted by Gasteiger charge is 2.23. The zero-order valence-electron chi connectivity index (χ0n) is 11.7. The summed E-state index contributed by atoms with van der Waals surface area (Å²) in [5, 5.41) is 0. The lowest BCUT2D eigenvalue weighted by molar-refractivity contribution is 0.181. The average molecular weight is 288 g/mol. The molecule has 1 aromatic rings. The van der Waals surface area contributed by atoms with Gasteiger partial charge in [-0.3, -0.25) is 4.90 Å². The maximum Gasteiger partial charge on any atom is 0.163 e. The van der Waals surface area contributed by atoms with Gasteiger partial charge in [-0.2, -0.15) is 11.8 Å². The summed E-state index contributed by atoms with van der Waals surface area (Å²) >= 11 is 1.78. The van der Waals surface area contributed by atoms with Crippen LogP contribution in [0, 0.1) is 11.6 Å². The first kappa shape index (κ1) is 16.4. The first-order valence-corrected chi connectivity index (χ1v) is 7.77. The van der Waals surface area contributed by atoms with Crippen LogP contribution in [0.3, 0.4) is 0 Å². The molecule has 0 saturated carbocycles. The zero-order chi connectivity index (χ0) is 14.4. The van der Waals surface area contributed by atoms with Crippen molar-refractivity contribution < 1.29 is 8.78 Å². The van der Waals surface area contributed by atoms with Gasteiger partial charge in [0.15, 0.2) is 11.6 Å². The predicted octanol–water partition coefficient (Wildman–Crippen LogP) is 3.04. The van der Waals surface area contributed by atoms with Crippen molar-refractivity contribution in [3.63, 3.8) is 0 Å². The molecular formula is C14H22F2N2S. The van der Waals surface area contributed by atoms with E-state index in [1.165, 1.54) is 6.07 Å². The fourth-order valence-corrected chi connectivity index (χ4v) is 2.67. The first-order valence-electron chi connectivity index (χ1n) is 6.37. The van der Waals surface area contributed by atoms with Crippen LogP contribution in [0.25, 0.3) is 0 Å². The molecule has 1 aromatic carbocycles. The van der Waals surface area contributed by atoms with Gasteiger partial charge >= 0.3 is 0 Å². The monoisotopic (exact) mass is 288 g/mol. The van der Waals surface area contributed by atoms with Crippen molar-refractivity contribution in [2.45, 2.75) is 25.4 Å². The van der Waals surface area contributed by atoms with Crippen molar-refractivity contribution in [2.75, 3.05) is 25.6 Å².